The lowest BCUT2D eigenvalue weighted by Gasteiger charge is -2.44. The Morgan fingerprint density at radius 1 is 0.485 bits per heavy atom. The van der Waals surface area contributed by atoms with Gasteiger partial charge in [0, 0.05) is 72.8 Å². The number of ether oxygens (including phenoxy) is 4. The first-order valence-corrected chi connectivity index (χ1v) is 22.2. The number of rotatable bonds is 10. The first kappa shape index (κ1) is 48.1. The van der Waals surface area contributed by atoms with Gasteiger partial charge in [-0.3, -0.25) is 29.1 Å². The smallest absolute Gasteiger partial charge is 0.303 e. The van der Waals surface area contributed by atoms with Gasteiger partial charge in [-0.2, -0.15) is 0 Å². The Morgan fingerprint density at radius 2 is 0.758 bits per heavy atom. The van der Waals surface area contributed by atoms with E-state index in [4.69, 9.17) is 65.4 Å². The lowest BCUT2D eigenvalue weighted by molar-refractivity contribution is -0.194. The fourth-order valence-corrected chi connectivity index (χ4v) is 8.59. The van der Waals surface area contributed by atoms with Crippen LogP contribution in [0.3, 0.4) is 0 Å². The standard InChI is InChI=1S/2C25H22Cl2N2O4/c2*1-15(30)32-23(18-11-13-28-14-12-18)24-25(31)29(2)21(16-3-7-19(26)8-4-16)22(33-24)17-5-9-20(27)10-6-17/h2*3-14,21-24H,1-2H3/t2*21?,22-,23?,24-/m10/s1. The average Bonchev–Trinajstić information content (AvgIpc) is 3.31. The summed E-state index contributed by atoms with van der Waals surface area (Å²) in [5.74, 6) is -1.64. The first-order valence-electron chi connectivity index (χ1n) is 20.7. The molecule has 2 amide bonds. The maximum atomic E-state index is 13.6. The molecule has 8 rings (SSSR count). The highest BCUT2D eigenvalue weighted by Gasteiger charge is 2.48. The monoisotopic (exact) mass is 968 g/mol. The van der Waals surface area contributed by atoms with Gasteiger partial charge < -0.3 is 28.7 Å². The predicted molar refractivity (Wildman–Crippen MR) is 250 cm³/mol. The normalized spacial score (nSPS) is 21.5. The number of amides is 2. The summed E-state index contributed by atoms with van der Waals surface area (Å²) < 4.78 is 24.0. The van der Waals surface area contributed by atoms with Gasteiger partial charge in [0.1, 0.15) is 12.2 Å². The molecule has 2 saturated heterocycles. The number of morpholine rings is 2. The van der Waals surface area contributed by atoms with Crippen molar-refractivity contribution >= 4 is 70.2 Å². The van der Waals surface area contributed by atoms with Crippen molar-refractivity contribution < 1.29 is 38.1 Å². The van der Waals surface area contributed by atoms with E-state index in [1.165, 1.54) is 13.8 Å². The van der Waals surface area contributed by atoms with Crippen molar-refractivity contribution in [3.63, 3.8) is 0 Å². The number of carbonyl (C=O) groups is 4. The summed E-state index contributed by atoms with van der Waals surface area (Å²) >= 11 is 24.4. The van der Waals surface area contributed by atoms with Crippen molar-refractivity contribution in [1.82, 2.24) is 19.8 Å². The highest BCUT2D eigenvalue weighted by Crippen LogP contribution is 2.46. The molecule has 66 heavy (non-hydrogen) atoms. The highest BCUT2D eigenvalue weighted by molar-refractivity contribution is 6.31. The quantitative estimate of drug-likeness (QED) is 0.122. The van der Waals surface area contributed by atoms with Gasteiger partial charge in [-0.25, -0.2) is 0 Å². The van der Waals surface area contributed by atoms with Gasteiger partial charge in [0.05, 0.1) is 12.1 Å². The lowest BCUT2D eigenvalue weighted by Crippen LogP contribution is -2.51. The molecule has 0 N–H and O–H groups in total. The van der Waals surface area contributed by atoms with Gasteiger partial charge in [-0.1, -0.05) is 94.9 Å². The number of likely N-dealkylation sites (N-methyl/N-ethyl adjacent to an activating group) is 2. The fraction of sp³-hybridized carbons (Fsp3) is 0.240. The van der Waals surface area contributed by atoms with Crippen LogP contribution in [0.15, 0.2) is 146 Å². The molecule has 8 atom stereocenters. The Balaban J connectivity index is 0.000000196. The summed E-state index contributed by atoms with van der Waals surface area (Å²) in [6.07, 6.45) is 1.27. The fourth-order valence-electron chi connectivity index (χ4n) is 8.08. The molecule has 4 unspecified atom stereocenters. The van der Waals surface area contributed by atoms with Crippen LogP contribution < -0.4 is 0 Å². The van der Waals surface area contributed by atoms with Gasteiger partial charge in [-0.05, 0) is 106 Å². The molecule has 2 aromatic heterocycles. The molecule has 0 radical (unpaired) electrons. The third-order valence-corrected chi connectivity index (χ3v) is 12.2. The van der Waals surface area contributed by atoms with E-state index < -0.39 is 60.6 Å². The van der Waals surface area contributed by atoms with Crippen LogP contribution in [-0.4, -0.2) is 69.8 Å². The second-order valence-corrected chi connectivity index (χ2v) is 17.3. The van der Waals surface area contributed by atoms with Gasteiger partial charge in [-0.15, -0.1) is 0 Å². The Bertz CT molecular complexity index is 2430. The molecular formula is C50H44Cl4N4O8. The zero-order valence-electron chi connectivity index (χ0n) is 36.0. The van der Waals surface area contributed by atoms with Gasteiger partial charge >= 0.3 is 11.9 Å². The maximum absolute atomic E-state index is 13.6. The van der Waals surface area contributed by atoms with Gasteiger partial charge in [0.25, 0.3) is 11.8 Å². The molecule has 2 fully saturated rings. The molecule has 0 spiro atoms. The first-order chi connectivity index (χ1) is 31.7. The number of benzene rings is 4. The zero-order valence-corrected chi connectivity index (χ0v) is 39.1. The van der Waals surface area contributed by atoms with Crippen LogP contribution in [0, 0.1) is 0 Å². The molecule has 16 heteroatoms. The summed E-state index contributed by atoms with van der Waals surface area (Å²) in [5, 5.41) is 2.37. The van der Waals surface area contributed by atoms with Crippen LogP contribution in [0.4, 0.5) is 0 Å². The van der Waals surface area contributed by atoms with Crippen molar-refractivity contribution in [1.29, 1.82) is 0 Å². The van der Waals surface area contributed by atoms with E-state index >= 15 is 0 Å². The van der Waals surface area contributed by atoms with Crippen molar-refractivity contribution in [2.45, 2.75) is 62.6 Å². The summed E-state index contributed by atoms with van der Waals surface area (Å²) in [6, 6.07) is 35.1. The molecule has 12 nitrogen and oxygen atoms in total. The molecule has 2 aliphatic heterocycles. The predicted octanol–water partition coefficient (Wildman–Crippen LogP) is 10.7. The van der Waals surface area contributed by atoms with Crippen LogP contribution in [0.25, 0.3) is 0 Å². The van der Waals surface area contributed by atoms with Gasteiger partial charge in [0.15, 0.2) is 24.4 Å². The minimum atomic E-state index is -1.05. The topological polar surface area (TPSA) is 137 Å². The summed E-state index contributed by atoms with van der Waals surface area (Å²) in [5.41, 5.74) is 4.63. The second-order valence-electron chi connectivity index (χ2n) is 15.6. The molecule has 2 aliphatic rings. The highest BCUT2D eigenvalue weighted by atomic mass is 35.5. The molecule has 0 bridgehead atoms. The minimum absolute atomic E-state index is 0.303. The van der Waals surface area contributed by atoms with E-state index in [1.807, 2.05) is 48.5 Å². The van der Waals surface area contributed by atoms with Crippen LogP contribution >= 0.6 is 46.4 Å². The molecule has 0 aliphatic carbocycles. The van der Waals surface area contributed by atoms with Crippen LogP contribution in [0.2, 0.25) is 20.1 Å². The minimum Gasteiger partial charge on any atom is -0.454 e. The number of aromatic nitrogens is 2. The number of esters is 2. The van der Waals surface area contributed by atoms with E-state index in [9.17, 15) is 19.2 Å². The molecule has 4 heterocycles. The van der Waals surface area contributed by atoms with Crippen molar-refractivity contribution in [2.24, 2.45) is 0 Å². The number of halogens is 4. The Hall–Kier alpha value is -5.86. The van der Waals surface area contributed by atoms with Crippen LogP contribution in [0.5, 0.6) is 0 Å². The number of nitrogens with zero attached hydrogens (tertiary/aromatic N) is 4. The molecular weight excluding hydrogens is 926 g/mol. The van der Waals surface area contributed by atoms with Gasteiger partial charge in [0.2, 0.25) is 0 Å². The summed E-state index contributed by atoms with van der Waals surface area (Å²) in [4.78, 5) is 62.2. The zero-order chi connectivity index (χ0) is 47.1. The van der Waals surface area contributed by atoms with Crippen LogP contribution in [-0.2, 0) is 38.1 Å². The second kappa shape index (κ2) is 21.6. The SMILES string of the molecule is CC(=O)OC(c1ccncc1)[C@@H]1O[C@@H](c2ccc(Cl)cc2)C(c2ccc(Cl)cc2)N(C)C1=O.CC(=O)OC(c1ccncc1)[C@H]1O[C@H](c2ccc(Cl)cc2)C(c2ccc(Cl)cc2)N(C)C1=O. The third-order valence-electron chi connectivity index (χ3n) is 11.2. The van der Waals surface area contributed by atoms with E-state index in [2.05, 4.69) is 9.97 Å². The number of hydrogen-bond donors (Lipinski definition) is 0. The Morgan fingerprint density at radius 3 is 1.03 bits per heavy atom. The van der Waals surface area contributed by atoms with Crippen molar-refractivity contribution in [3.05, 3.63) is 200 Å². The van der Waals surface area contributed by atoms with E-state index in [-0.39, 0.29) is 11.8 Å². The number of carbonyl (C=O) groups excluding carboxylic acids is 4. The van der Waals surface area contributed by atoms with E-state index in [0.29, 0.717) is 31.2 Å². The Kier molecular flexibility index (Phi) is 15.8. The molecule has 0 saturated carbocycles. The average molecular weight is 971 g/mol. The summed E-state index contributed by atoms with van der Waals surface area (Å²) in [6.45, 7) is 2.61. The largest absolute Gasteiger partial charge is 0.454 e. The van der Waals surface area contributed by atoms with Crippen molar-refractivity contribution in [2.75, 3.05) is 14.1 Å². The van der Waals surface area contributed by atoms with Crippen LogP contribution in [0.1, 0.15) is 83.7 Å². The number of hydrogen-bond acceptors (Lipinski definition) is 10. The number of pyridine rings is 2. The summed E-state index contributed by atoms with van der Waals surface area (Å²) in [7, 11) is 3.44. The van der Waals surface area contributed by atoms with E-state index in [1.54, 1.807) is 121 Å². The van der Waals surface area contributed by atoms with E-state index in [0.717, 1.165) is 22.3 Å². The molecule has 340 valence electrons. The molecule has 4 aromatic carbocycles. The maximum Gasteiger partial charge on any atom is 0.303 e. The third kappa shape index (κ3) is 11.2. The van der Waals surface area contributed by atoms with Crippen molar-refractivity contribution in [3.8, 4) is 0 Å². The molecule has 6 aromatic rings. The Labute approximate surface area is 402 Å². The lowest BCUT2D eigenvalue weighted by atomic mass is 9.90.